The van der Waals surface area contributed by atoms with Gasteiger partial charge in [0.15, 0.2) is 0 Å². The zero-order chi connectivity index (χ0) is 20.1. The summed E-state index contributed by atoms with van der Waals surface area (Å²) in [6, 6.07) is 15.8. The quantitative estimate of drug-likeness (QED) is 0.517. The minimum Gasteiger partial charge on any atom is -0.345 e. The molecule has 1 aliphatic rings. The lowest BCUT2D eigenvalue weighted by atomic mass is 9.96. The first-order chi connectivity index (χ1) is 13.5. The smallest absolute Gasteiger partial charge is 0.252 e. The number of nitrogens with zero attached hydrogens (tertiary/aromatic N) is 3. The van der Waals surface area contributed by atoms with E-state index in [1.165, 1.54) is 0 Å². The fourth-order valence-electron chi connectivity index (χ4n) is 3.49. The number of carbonyl (C=O) groups excluding carboxylic acids is 1. The Hall–Kier alpha value is -2.32. The maximum absolute atomic E-state index is 12.4. The van der Waals surface area contributed by atoms with Crippen LogP contribution in [0.2, 0.25) is 10.0 Å². The molecule has 1 heterocycles. The summed E-state index contributed by atoms with van der Waals surface area (Å²) in [6.45, 7) is 11.5. The van der Waals surface area contributed by atoms with Gasteiger partial charge in [-0.05, 0) is 35.4 Å². The second-order valence-corrected chi connectivity index (χ2v) is 7.49. The normalized spacial score (nSPS) is 15.5. The molecule has 0 bridgehead atoms. The van der Waals surface area contributed by atoms with Gasteiger partial charge in [0.05, 0.1) is 12.6 Å². The number of hydrogen-bond acceptors (Lipinski definition) is 2. The van der Waals surface area contributed by atoms with Crippen molar-refractivity contribution in [3.05, 3.63) is 92.9 Å². The van der Waals surface area contributed by atoms with Gasteiger partial charge < -0.3 is 4.90 Å². The maximum atomic E-state index is 12.4. The third-order valence-corrected chi connectivity index (χ3v) is 5.46. The van der Waals surface area contributed by atoms with E-state index in [0.717, 1.165) is 24.2 Å². The molecule has 3 rings (SSSR count). The van der Waals surface area contributed by atoms with Crippen molar-refractivity contribution in [2.75, 3.05) is 26.2 Å². The van der Waals surface area contributed by atoms with Crippen LogP contribution in [0.4, 0.5) is 0 Å². The van der Waals surface area contributed by atoms with Crippen LogP contribution in [0, 0.1) is 6.57 Å². The maximum Gasteiger partial charge on any atom is 0.252 e. The molecule has 144 valence electrons. The molecular formula is C22H21Cl2N3O. The Bertz CT molecular complexity index is 847. The van der Waals surface area contributed by atoms with E-state index in [0.29, 0.717) is 23.1 Å². The van der Waals surface area contributed by atoms with Crippen molar-refractivity contribution in [2.24, 2.45) is 0 Å². The van der Waals surface area contributed by atoms with E-state index in [1.807, 2.05) is 48.5 Å². The van der Waals surface area contributed by atoms with Crippen molar-refractivity contribution in [1.82, 2.24) is 9.80 Å². The highest BCUT2D eigenvalue weighted by Gasteiger charge is 2.29. The summed E-state index contributed by atoms with van der Waals surface area (Å²) < 4.78 is 0. The largest absolute Gasteiger partial charge is 0.345 e. The number of allylic oxidation sites excluding steroid dienone is 1. The molecule has 6 heteroatoms. The minimum atomic E-state index is -0.188. The average molecular weight is 414 g/mol. The first-order valence-corrected chi connectivity index (χ1v) is 9.87. The Labute approximate surface area is 175 Å². The monoisotopic (exact) mass is 413 g/mol. The fraction of sp³-hybridized carbons (Fsp3) is 0.273. The Balaban J connectivity index is 1.82. The first kappa shape index (κ1) is 20.4. The van der Waals surface area contributed by atoms with Crippen molar-refractivity contribution >= 4 is 29.1 Å². The number of rotatable bonds is 4. The molecule has 1 aliphatic heterocycles. The SMILES string of the molecule is [C-]#[N+]/C(=C\C)C(=O)N1CCN(C(c2ccc(Cl)cc2)c2ccc(Cl)cc2)CC1. The van der Waals surface area contributed by atoms with Gasteiger partial charge in [0.1, 0.15) is 0 Å². The molecule has 0 saturated carbocycles. The Kier molecular flexibility index (Phi) is 6.74. The van der Waals surface area contributed by atoms with Gasteiger partial charge in [-0.3, -0.25) is 9.69 Å². The van der Waals surface area contributed by atoms with Crippen LogP contribution < -0.4 is 0 Å². The molecule has 0 spiro atoms. The predicted molar refractivity (Wildman–Crippen MR) is 113 cm³/mol. The zero-order valence-electron chi connectivity index (χ0n) is 15.6. The molecule has 2 aromatic rings. The van der Waals surface area contributed by atoms with Gasteiger partial charge in [-0.15, -0.1) is 0 Å². The van der Waals surface area contributed by atoms with Crippen LogP contribution >= 0.6 is 23.2 Å². The van der Waals surface area contributed by atoms with Gasteiger partial charge in [0, 0.05) is 36.2 Å². The summed E-state index contributed by atoms with van der Waals surface area (Å²) in [4.78, 5) is 19.9. The summed E-state index contributed by atoms with van der Waals surface area (Å²) >= 11 is 12.2. The van der Waals surface area contributed by atoms with Gasteiger partial charge in [-0.25, -0.2) is 4.85 Å². The molecule has 0 atom stereocenters. The molecule has 1 amide bonds. The fourth-order valence-corrected chi connectivity index (χ4v) is 3.74. The van der Waals surface area contributed by atoms with Gasteiger partial charge >= 0.3 is 0 Å². The number of carbonyl (C=O) groups is 1. The van der Waals surface area contributed by atoms with Gasteiger partial charge in [-0.1, -0.05) is 60.5 Å². The molecule has 4 nitrogen and oxygen atoms in total. The van der Waals surface area contributed by atoms with Crippen LogP contribution in [0.15, 0.2) is 60.3 Å². The second kappa shape index (κ2) is 9.25. The van der Waals surface area contributed by atoms with E-state index in [-0.39, 0.29) is 17.6 Å². The highest BCUT2D eigenvalue weighted by atomic mass is 35.5. The number of benzene rings is 2. The molecule has 2 aromatic carbocycles. The molecule has 0 unspecified atom stereocenters. The number of piperazine rings is 1. The van der Waals surface area contributed by atoms with E-state index in [4.69, 9.17) is 29.8 Å². The van der Waals surface area contributed by atoms with Crippen LogP contribution in [0.5, 0.6) is 0 Å². The standard InChI is InChI=1S/C22H21Cl2N3O/c1-3-20(25-2)22(28)27-14-12-26(13-15-27)21(16-4-8-18(23)9-5-16)17-6-10-19(24)11-7-17/h3-11,21H,12-15H2,1H3/b20-3-. The third-order valence-electron chi connectivity index (χ3n) is 4.95. The highest BCUT2D eigenvalue weighted by Crippen LogP contribution is 2.31. The molecular weight excluding hydrogens is 393 g/mol. The van der Waals surface area contributed by atoms with Crippen LogP contribution in [0.25, 0.3) is 4.85 Å². The Morgan fingerprint density at radius 1 is 0.964 bits per heavy atom. The lowest BCUT2D eigenvalue weighted by Crippen LogP contribution is -2.50. The van der Waals surface area contributed by atoms with E-state index in [2.05, 4.69) is 9.74 Å². The van der Waals surface area contributed by atoms with Crippen molar-refractivity contribution in [2.45, 2.75) is 13.0 Å². The van der Waals surface area contributed by atoms with Crippen molar-refractivity contribution in [3.63, 3.8) is 0 Å². The highest BCUT2D eigenvalue weighted by molar-refractivity contribution is 6.30. The van der Waals surface area contributed by atoms with Crippen LogP contribution in [-0.4, -0.2) is 41.9 Å². The molecule has 1 fully saturated rings. The van der Waals surface area contributed by atoms with E-state index >= 15 is 0 Å². The van der Waals surface area contributed by atoms with Gasteiger partial charge in [-0.2, -0.15) is 0 Å². The molecule has 0 aliphatic carbocycles. The Morgan fingerprint density at radius 3 is 1.82 bits per heavy atom. The Morgan fingerprint density at radius 2 is 1.43 bits per heavy atom. The molecule has 1 saturated heterocycles. The first-order valence-electron chi connectivity index (χ1n) is 9.11. The summed E-state index contributed by atoms with van der Waals surface area (Å²) in [6.07, 6.45) is 1.58. The van der Waals surface area contributed by atoms with E-state index in [1.54, 1.807) is 17.9 Å². The average Bonchev–Trinajstić information content (AvgIpc) is 2.72. The second-order valence-electron chi connectivity index (χ2n) is 6.62. The topological polar surface area (TPSA) is 27.9 Å². The van der Waals surface area contributed by atoms with Gasteiger partial charge in [0.25, 0.3) is 5.91 Å². The molecule has 28 heavy (non-hydrogen) atoms. The van der Waals surface area contributed by atoms with E-state index in [9.17, 15) is 4.79 Å². The third kappa shape index (κ3) is 4.56. The summed E-state index contributed by atoms with van der Waals surface area (Å²) in [7, 11) is 0. The zero-order valence-corrected chi connectivity index (χ0v) is 17.1. The van der Waals surface area contributed by atoms with Crippen LogP contribution in [0.3, 0.4) is 0 Å². The number of amides is 1. The van der Waals surface area contributed by atoms with Crippen molar-refractivity contribution < 1.29 is 4.79 Å². The van der Waals surface area contributed by atoms with Crippen molar-refractivity contribution in [1.29, 1.82) is 0 Å². The van der Waals surface area contributed by atoms with Gasteiger partial charge in [0.2, 0.25) is 5.70 Å². The lowest BCUT2D eigenvalue weighted by Gasteiger charge is -2.40. The number of hydrogen-bond donors (Lipinski definition) is 0. The van der Waals surface area contributed by atoms with Crippen molar-refractivity contribution in [3.8, 4) is 0 Å². The van der Waals surface area contributed by atoms with Crippen LogP contribution in [-0.2, 0) is 4.79 Å². The predicted octanol–water partition coefficient (Wildman–Crippen LogP) is 5.05. The lowest BCUT2D eigenvalue weighted by molar-refractivity contribution is -0.128. The molecule has 0 aromatic heterocycles. The molecule has 0 radical (unpaired) electrons. The summed E-state index contributed by atoms with van der Waals surface area (Å²) in [5, 5.41) is 1.40. The minimum absolute atomic E-state index is 0.0498. The summed E-state index contributed by atoms with van der Waals surface area (Å²) in [5.41, 5.74) is 2.46. The molecule has 0 N–H and O–H groups in total. The number of halogens is 2. The van der Waals surface area contributed by atoms with Crippen LogP contribution in [0.1, 0.15) is 24.1 Å². The summed E-state index contributed by atoms with van der Waals surface area (Å²) in [5.74, 6) is -0.188. The van der Waals surface area contributed by atoms with E-state index < -0.39 is 0 Å².